The molecule has 0 saturated heterocycles. The quantitative estimate of drug-likeness (QED) is 0.621. The fourth-order valence-electron chi connectivity index (χ4n) is 3.45. The van der Waals surface area contributed by atoms with Crippen molar-refractivity contribution in [2.24, 2.45) is 5.73 Å². The zero-order chi connectivity index (χ0) is 19.6. The van der Waals surface area contributed by atoms with Crippen molar-refractivity contribution < 1.29 is 17.7 Å². The van der Waals surface area contributed by atoms with Gasteiger partial charge < -0.3 is 15.6 Å². The summed E-state index contributed by atoms with van der Waals surface area (Å²) < 4.78 is 33.4. The van der Waals surface area contributed by atoms with Gasteiger partial charge in [0, 0.05) is 12.1 Å². The van der Waals surface area contributed by atoms with Crippen molar-refractivity contribution in [3.8, 4) is 0 Å². The first kappa shape index (κ1) is 20.9. The van der Waals surface area contributed by atoms with Crippen molar-refractivity contribution in [3.05, 3.63) is 11.5 Å². The Kier molecular flexibility index (Phi) is 6.14. The minimum Gasteiger partial charge on any atom is -0.360 e. The number of aryl methyl sites for hydroxylation is 2. The molecule has 4 N–H and O–H groups in total. The molecule has 1 aromatic heterocycles. The van der Waals surface area contributed by atoms with Crippen molar-refractivity contribution in [2.75, 3.05) is 6.54 Å². The summed E-state index contributed by atoms with van der Waals surface area (Å²) in [4.78, 5) is 12.9. The lowest BCUT2D eigenvalue weighted by Gasteiger charge is -2.32. The van der Waals surface area contributed by atoms with Gasteiger partial charge in [-0.05, 0) is 39.5 Å². The molecule has 148 valence electrons. The Morgan fingerprint density at radius 2 is 1.85 bits per heavy atom. The number of amides is 1. The van der Waals surface area contributed by atoms with E-state index in [1.807, 2.05) is 13.8 Å². The highest BCUT2D eigenvalue weighted by Crippen LogP contribution is 2.32. The summed E-state index contributed by atoms with van der Waals surface area (Å²) in [6.45, 7) is 7.37. The zero-order valence-corrected chi connectivity index (χ0v) is 16.8. The molecule has 9 heteroatoms. The van der Waals surface area contributed by atoms with Crippen LogP contribution in [0.3, 0.4) is 0 Å². The van der Waals surface area contributed by atoms with Crippen LogP contribution in [0.4, 0.5) is 0 Å². The summed E-state index contributed by atoms with van der Waals surface area (Å²) >= 11 is 0. The lowest BCUT2D eigenvalue weighted by Crippen LogP contribution is -2.60. The number of aromatic nitrogens is 1. The first-order chi connectivity index (χ1) is 12.1. The number of nitrogens with one attached hydrogen (secondary N) is 2. The smallest absolute Gasteiger partial charge is 0.246 e. The molecule has 0 radical (unpaired) electrons. The number of hydrogen-bond donors (Lipinski definition) is 3. The number of carbonyl (C=O) groups is 1. The number of nitrogens with zero attached hydrogens (tertiary/aromatic N) is 1. The number of rotatable bonds is 8. The number of hydrogen-bond acceptors (Lipinski definition) is 6. The van der Waals surface area contributed by atoms with Gasteiger partial charge in [0.25, 0.3) is 0 Å². The SMILES string of the molecule is CCC(N)(CC)CNC(=O)C1(NS(=O)(=O)c2c(C)noc2C)CCCC1. The van der Waals surface area contributed by atoms with E-state index in [9.17, 15) is 13.2 Å². The number of nitrogens with two attached hydrogens (primary N) is 1. The molecule has 26 heavy (non-hydrogen) atoms. The average molecular weight is 387 g/mol. The molecular formula is C17H30N4O4S. The molecule has 0 bridgehead atoms. The normalized spacial score (nSPS) is 17.4. The molecule has 1 aliphatic rings. The number of carbonyl (C=O) groups excluding carboxylic acids is 1. The minimum absolute atomic E-state index is 0.00635. The maximum absolute atomic E-state index is 12.9. The highest BCUT2D eigenvalue weighted by Gasteiger charge is 2.45. The summed E-state index contributed by atoms with van der Waals surface area (Å²) in [6, 6.07) is 0. The second-order valence-corrected chi connectivity index (χ2v) is 8.92. The molecule has 0 spiro atoms. The van der Waals surface area contributed by atoms with E-state index in [-0.39, 0.29) is 22.3 Å². The molecule has 1 amide bonds. The van der Waals surface area contributed by atoms with Crippen LogP contribution in [0.1, 0.15) is 63.8 Å². The Morgan fingerprint density at radius 1 is 1.27 bits per heavy atom. The predicted molar refractivity (Wildman–Crippen MR) is 98.0 cm³/mol. The van der Waals surface area contributed by atoms with Crippen molar-refractivity contribution in [1.82, 2.24) is 15.2 Å². The Hall–Kier alpha value is -1.45. The van der Waals surface area contributed by atoms with Crippen molar-refractivity contribution in [1.29, 1.82) is 0 Å². The molecule has 1 aliphatic carbocycles. The van der Waals surface area contributed by atoms with Crippen LogP contribution in [-0.4, -0.2) is 37.1 Å². The molecule has 2 rings (SSSR count). The van der Waals surface area contributed by atoms with Crippen LogP contribution >= 0.6 is 0 Å². The van der Waals surface area contributed by atoms with Crippen LogP contribution in [0.2, 0.25) is 0 Å². The molecule has 1 fully saturated rings. The van der Waals surface area contributed by atoms with Crippen LogP contribution in [0, 0.1) is 13.8 Å². The van der Waals surface area contributed by atoms with Crippen LogP contribution in [0.25, 0.3) is 0 Å². The van der Waals surface area contributed by atoms with Gasteiger partial charge in [-0.2, -0.15) is 4.72 Å². The Labute approximate surface area is 155 Å². The molecule has 1 saturated carbocycles. The van der Waals surface area contributed by atoms with Crippen molar-refractivity contribution in [3.63, 3.8) is 0 Å². The summed E-state index contributed by atoms with van der Waals surface area (Å²) in [7, 11) is -3.93. The maximum Gasteiger partial charge on any atom is 0.246 e. The van der Waals surface area contributed by atoms with Gasteiger partial charge in [-0.15, -0.1) is 0 Å². The summed E-state index contributed by atoms with van der Waals surface area (Å²) in [5.74, 6) is -0.108. The van der Waals surface area contributed by atoms with Gasteiger partial charge in [0.1, 0.15) is 16.1 Å². The molecule has 0 aromatic carbocycles. The second kappa shape index (κ2) is 7.66. The average Bonchev–Trinajstić information content (AvgIpc) is 3.19. The fourth-order valence-corrected chi connectivity index (χ4v) is 5.20. The predicted octanol–water partition coefficient (Wildman–Crippen LogP) is 1.52. The van der Waals surface area contributed by atoms with Crippen molar-refractivity contribution >= 4 is 15.9 Å². The van der Waals surface area contributed by atoms with Crippen molar-refractivity contribution in [2.45, 2.75) is 82.2 Å². The van der Waals surface area contributed by atoms with Gasteiger partial charge in [-0.3, -0.25) is 4.79 Å². The molecule has 0 unspecified atom stereocenters. The topological polar surface area (TPSA) is 127 Å². The van der Waals surface area contributed by atoms with Gasteiger partial charge in [0.15, 0.2) is 5.76 Å². The standard InChI is InChI=1S/C17H30N4O4S/c1-5-16(18,6-2)11-19-15(22)17(9-7-8-10-17)21-26(23,24)14-12(3)20-25-13(14)4/h21H,5-11,18H2,1-4H3,(H,19,22). The molecular weight excluding hydrogens is 356 g/mol. The molecule has 1 aromatic rings. The maximum atomic E-state index is 12.9. The Morgan fingerprint density at radius 3 is 2.31 bits per heavy atom. The fraction of sp³-hybridized carbons (Fsp3) is 0.765. The summed E-state index contributed by atoms with van der Waals surface area (Å²) in [6.07, 6.45) is 3.93. The van der Waals surface area contributed by atoms with E-state index in [4.69, 9.17) is 10.3 Å². The summed E-state index contributed by atoms with van der Waals surface area (Å²) in [5, 5.41) is 6.58. The van der Waals surface area contributed by atoms with E-state index in [0.29, 0.717) is 19.4 Å². The minimum atomic E-state index is -3.93. The van der Waals surface area contributed by atoms with E-state index < -0.39 is 21.1 Å². The van der Waals surface area contributed by atoms with Crippen LogP contribution in [0.5, 0.6) is 0 Å². The van der Waals surface area contributed by atoms with Gasteiger partial charge in [0.05, 0.1) is 0 Å². The Balaban J connectivity index is 2.23. The highest BCUT2D eigenvalue weighted by molar-refractivity contribution is 7.89. The van der Waals surface area contributed by atoms with Gasteiger partial charge in [-0.25, -0.2) is 8.42 Å². The highest BCUT2D eigenvalue weighted by atomic mass is 32.2. The molecule has 0 atom stereocenters. The lowest BCUT2D eigenvalue weighted by atomic mass is 9.92. The van der Waals surface area contributed by atoms with E-state index in [2.05, 4.69) is 15.2 Å². The first-order valence-corrected chi connectivity index (χ1v) is 10.6. The number of sulfonamides is 1. The third-order valence-corrected chi connectivity index (χ3v) is 7.25. The van der Waals surface area contributed by atoms with E-state index in [1.165, 1.54) is 0 Å². The monoisotopic (exact) mass is 386 g/mol. The van der Waals surface area contributed by atoms with Gasteiger partial charge in [0.2, 0.25) is 15.9 Å². The molecule has 8 nitrogen and oxygen atoms in total. The molecule has 1 heterocycles. The van der Waals surface area contributed by atoms with E-state index in [0.717, 1.165) is 25.7 Å². The van der Waals surface area contributed by atoms with Crippen LogP contribution < -0.4 is 15.8 Å². The lowest BCUT2D eigenvalue weighted by molar-refractivity contribution is -0.127. The second-order valence-electron chi connectivity index (χ2n) is 7.30. The Bertz CT molecular complexity index is 727. The zero-order valence-electron chi connectivity index (χ0n) is 16.0. The third kappa shape index (κ3) is 4.10. The van der Waals surface area contributed by atoms with E-state index >= 15 is 0 Å². The molecule has 0 aliphatic heterocycles. The summed E-state index contributed by atoms with van der Waals surface area (Å²) in [5.41, 5.74) is 4.89. The third-order valence-electron chi connectivity index (χ3n) is 5.47. The first-order valence-electron chi connectivity index (χ1n) is 9.13. The van der Waals surface area contributed by atoms with Gasteiger partial charge >= 0.3 is 0 Å². The largest absolute Gasteiger partial charge is 0.360 e. The van der Waals surface area contributed by atoms with Crippen LogP contribution in [0.15, 0.2) is 9.42 Å². The van der Waals surface area contributed by atoms with Crippen LogP contribution in [-0.2, 0) is 14.8 Å². The van der Waals surface area contributed by atoms with E-state index in [1.54, 1.807) is 13.8 Å². The van der Waals surface area contributed by atoms with Gasteiger partial charge in [-0.1, -0.05) is 31.8 Å².